The molecule has 2 amide bonds. The van der Waals surface area contributed by atoms with Crippen LogP contribution in [0.25, 0.3) is 92.3 Å². The Morgan fingerprint density at radius 1 is 0.347 bits per heavy atom. The fraction of sp³-hybridized carbons (Fsp3) is 0.200. The van der Waals surface area contributed by atoms with Crippen molar-refractivity contribution in [3.05, 3.63) is 200 Å². The molecule has 0 saturated carbocycles. The summed E-state index contributed by atoms with van der Waals surface area (Å²) in [5, 5.41) is 13.2. The molecule has 0 saturated heterocycles. The predicted octanol–water partition coefficient (Wildman–Crippen LogP) is 16.5. The number of para-hydroxylation sites is 3. The molecule has 3 heterocycles. The van der Waals surface area contributed by atoms with Crippen LogP contribution in [-0.2, 0) is 0 Å². The Kier molecular flexibility index (Phi) is 10.9. The number of nitrogens with zero attached hydrogens (tertiary/aromatic N) is 2. The van der Waals surface area contributed by atoms with Crippen molar-refractivity contribution in [2.75, 3.05) is 4.90 Å². The maximum atomic E-state index is 14.2. The van der Waals surface area contributed by atoms with Gasteiger partial charge in [-0.05, 0) is 125 Å². The lowest BCUT2D eigenvalue weighted by Gasteiger charge is -2.32. The number of benzene rings is 10. The van der Waals surface area contributed by atoms with Crippen LogP contribution < -0.4 is 16.0 Å². The van der Waals surface area contributed by atoms with Gasteiger partial charge in [0.25, 0.3) is 22.9 Å². The van der Waals surface area contributed by atoms with E-state index in [-0.39, 0.29) is 54.0 Å². The minimum atomic E-state index is -0.282. The minimum absolute atomic E-state index is 0. The normalized spacial score (nSPS) is 13.0. The summed E-state index contributed by atoms with van der Waals surface area (Å²) in [5.41, 5.74) is 7.58. The first-order valence-corrected chi connectivity index (χ1v) is 24.8. The van der Waals surface area contributed by atoms with Gasteiger partial charge in [-0.3, -0.25) is 19.2 Å². The molecule has 0 fully saturated rings. The van der Waals surface area contributed by atoms with Gasteiger partial charge < -0.3 is 4.42 Å². The topological polar surface area (TPSA) is 89.6 Å². The quantitative estimate of drug-likeness (QED) is 0.0941. The van der Waals surface area contributed by atoms with Crippen LogP contribution in [0, 0.1) is 0 Å². The van der Waals surface area contributed by atoms with E-state index in [1.165, 1.54) is 20.2 Å². The van der Waals surface area contributed by atoms with Gasteiger partial charge in [-0.2, -0.15) is 0 Å². The molecule has 1 aliphatic heterocycles. The van der Waals surface area contributed by atoms with Gasteiger partial charge >= 0.3 is 0 Å². The fourth-order valence-corrected chi connectivity index (χ4v) is 11.7. The number of rotatable bonds is 6. The van der Waals surface area contributed by atoms with Crippen molar-refractivity contribution in [3.63, 3.8) is 0 Å². The fourth-order valence-electron chi connectivity index (χ4n) is 11.7. The molecule has 2 aromatic heterocycles. The number of hydrogen-bond donors (Lipinski definition) is 0. The summed E-state index contributed by atoms with van der Waals surface area (Å²) >= 11 is 0. The molecule has 7 heteroatoms. The summed E-state index contributed by atoms with van der Waals surface area (Å²) in [6.07, 6.45) is 0. The minimum Gasteiger partial charge on any atom is -0.456 e. The Balaban J connectivity index is 0.000000154. The lowest BCUT2D eigenvalue weighted by Crippen LogP contribution is -2.41. The Labute approximate surface area is 417 Å². The van der Waals surface area contributed by atoms with Crippen LogP contribution in [0.1, 0.15) is 129 Å². The van der Waals surface area contributed by atoms with Crippen molar-refractivity contribution < 1.29 is 14.0 Å². The van der Waals surface area contributed by atoms with Gasteiger partial charge in [0.1, 0.15) is 11.2 Å². The summed E-state index contributed by atoms with van der Waals surface area (Å²) in [6, 6.07) is 48.2. The molecule has 0 radical (unpaired) electrons. The highest BCUT2D eigenvalue weighted by atomic mass is 16.3. The van der Waals surface area contributed by atoms with Crippen molar-refractivity contribution in [3.8, 4) is 5.69 Å². The largest absolute Gasteiger partial charge is 0.456 e. The van der Waals surface area contributed by atoms with Crippen LogP contribution in [0.2, 0.25) is 0 Å². The van der Waals surface area contributed by atoms with Gasteiger partial charge in [-0.25, -0.2) is 9.47 Å². The van der Waals surface area contributed by atoms with E-state index >= 15 is 0 Å². The van der Waals surface area contributed by atoms with Crippen molar-refractivity contribution in [1.29, 1.82) is 0 Å². The smallest absolute Gasteiger partial charge is 0.266 e. The number of amides is 2. The highest BCUT2D eigenvalue weighted by Crippen LogP contribution is 2.46. The number of imide groups is 1. The van der Waals surface area contributed by atoms with Crippen molar-refractivity contribution in [1.82, 2.24) is 4.57 Å². The van der Waals surface area contributed by atoms with Crippen LogP contribution in [0.15, 0.2) is 160 Å². The number of fused-ring (bicyclic) bond motifs is 4. The van der Waals surface area contributed by atoms with E-state index in [1.807, 2.05) is 91.0 Å². The molecule has 7 nitrogen and oxygen atoms in total. The highest BCUT2D eigenvalue weighted by Gasteiger charge is 2.38. The molecule has 0 bridgehead atoms. The number of carbonyl (C=O) groups is 2. The highest BCUT2D eigenvalue weighted by molar-refractivity contribution is 6.42. The van der Waals surface area contributed by atoms with Gasteiger partial charge in [0.15, 0.2) is 0 Å². The van der Waals surface area contributed by atoms with E-state index in [1.54, 1.807) is 6.07 Å². The molecule has 0 N–H and O–H groups in total. The van der Waals surface area contributed by atoms with Crippen molar-refractivity contribution in [2.24, 2.45) is 0 Å². The van der Waals surface area contributed by atoms with Crippen LogP contribution in [0.5, 0.6) is 0 Å². The Bertz CT molecular complexity index is 4160. The summed E-state index contributed by atoms with van der Waals surface area (Å²) < 4.78 is 7.58. The molecular weight excluding hydrogens is 889 g/mol. The Hall–Kier alpha value is -8.16. The third kappa shape index (κ3) is 6.56. The molecule has 13 rings (SSSR count). The monoisotopic (exact) mass is 944 g/mol. The van der Waals surface area contributed by atoms with Gasteiger partial charge in [-0.15, -0.1) is 0 Å². The van der Waals surface area contributed by atoms with E-state index in [0.29, 0.717) is 32.9 Å². The Morgan fingerprint density at radius 2 is 0.750 bits per heavy atom. The van der Waals surface area contributed by atoms with Crippen LogP contribution in [0.3, 0.4) is 0 Å². The first-order valence-electron chi connectivity index (χ1n) is 24.8. The second kappa shape index (κ2) is 17.0. The molecule has 1 aliphatic rings. The van der Waals surface area contributed by atoms with E-state index in [2.05, 4.69) is 104 Å². The van der Waals surface area contributed by atoms with Gasteiger partial charge in [0, 0.05) is 43.4 Å². The number of pyridine rings is 1. The zero-order chi connectivity index (χ0) is 49.3. The average Bonchev–Trinajstić information content (AvgIpc) is 3.37. The zero-order valence-electron chi connectivity index (χ0n) is 41.1. The zero-order valence-corrected chi connectivity index (χ0v) is 41.1. The number of hydrogen-bond acceptors (Lipinski definition) is 5. The van der Waals surface area contributed by atoms with Gasteiger partial charge in [0.05, 0.1) is 11.4 Å². The predicted molar refractivity (Wildman–Crippen MR) is 300 cm³/mol. The standard InChI is InChI=1S/C34H27NO2.C30H25NO3.CH4/c1-18(2)21-10-7-11-22(19(3)4)32(21)35-33(36)27-16-14-25-23-12-5-8-20-9-6-13-24(29(20)23)26-15-17-28(34(35)37)31(27)30(25)26;1-16(2)18-9-7-10-19(17(3)4)28(18)31-29(32)22-13-12-21-20-8-5-6-11-24(20)34-25-15-14-23(30(31)33)26(22)27(21)25;/h5-19H,1-4H3;5-17H,1-4H3;1H4. The lowest BCUT2D eigenvalue weighted by molar-refractivity contribution is 0.0893. The molecule has 356 valence electrons. The van der Waals surface area contributed by atoms with E-state index in [0.717, 1.165) is 87.7 Å². The third-order valence-electron chi connectivity index (χ3n) is 15.0. The van der Waals surface area contributed by atoms with Crippen molar-refractivity contribution >= 4 is 104 Å². The summed E-state index contributed by atoms with van der Waals surface area (Å²) in [6.45, 7) is 16.8. The molecular formula is C65H56N2O5. The first-order chi connectivity index (χ1) is 34.3. The van der Waals surface area contributed by atoms with Gasteiger partial charge in [-0.1, -0.05) is 172 Å². The van der Waals surface area contributed by atoms with E-state index < -0.39 is 0 Å². The number of carbonyl (C=O) groups excluding carboxylic acids is 2. The lowest BCUT2D eigenvalue weighted by atomic mass is 9.84. The Morgan fingerprint density at radius 3 is 1.28 bits per heavy atom. The first kappa shape index (κ1) is 46.2. The molecule has 0 atom stereocenters. The number of anilines is 1. The molecule has 0 unspecified atom stereocenters. The molecule has 0 aliphatic carbocycles. The second-order valence-electron chi connectivity index (χ2n) is 20.5. The van der Waals surface area contributed by atoms with E-state index in [4.69, 9.17) is 4.42 Å². The van der Waals surface area contributed by atoms with Crippen LogP contribution >= 0.6 is 0 Å². The maximum absolute atomic E-state index is 14.2. The maximum Gasteiger partial charge on any atom is 0.266 e. The molecule has 12 aromatic rings. The SMILES string of the molecule is C.CC(C)c1cccc(C(C)C)c1-n1c(=O)c2ccc3oc4ccccc4c4ccc(c1=O)c2c34.CC(C)c1cccc(C(C)C)c1N1C(=O)c2ccc3c4cccc5cccc(c6ccc(c2c36)C1=O)c54. The summed E-state index contributed by atoms with van der Waals surface area (Å²) in [5.74, 6) is 0.180. The molecule has 0 spiro atoms. The molecule has 10 aromatic carbocycles. The average molecular weight is 945 g/mol. The van der Waals surface area contributed by atoms with Gasteiger partial charge in [0.2, 0.25) is 0 Å². The van der Waals surface area contributed by atoms with E-state index in [9.17, 15) is 19.2 Å². The summed E-state index contributed by atoms with van der Waals surface area (Å²) in [4.78, 5) is 57.9. The number of aromatic nitrogens is 1. The third-order valence-corrected chi connectivity index (χ3v) is 15.0. The van der Waals surface area contributed by atoms with Crippen molar-refractivity contribution in [2.45, 2.75) is 86.5 Å². The van der Waals surface area contributed by atoms with Crippen LogP contribution in [0.4, 0.5) is 5.69 Å². The summed E-state index contributed by atoms with van der Waals surface area (Å²) in [7, 11) is 0. The molecule has 72 heavy (non-hydrogen) atoms. The van der Waals surface area contributed by atoms with Crippen LogP contribution in [-0.4, -0.2) is 16.4 Å². The second-order valence-corrected chi connectivity index (χ2v) is 20.5.